The van der Waals surface area contributed by atoms with E-state index < -0.39 is 0 Å². The quantitative estimate of drug-likeness (QED) is 0.160. The van der Waals surface area contributed by atoms with Gasteiger partial charge in [0.2, 0.25) is 0 Å². The molecule has 0 saturated heterocycles. The van der Waals surface area contributed by atoms with Crippen molar-refractivity contribution in [3.63, 3.8) is 0 Å². The lowest BCUT2D eigenvalue weighted by Gasteiger charge is -2.07. The van der Waals surface area contributed by atoms with E-state index in [-0.39, 0.29) is 0 Å². The van der Waals surface area contributed by atoms with E-state index in [9.17, 15) is 0 Å². The SMILES string of the molecule is Nc1ccc(-c2c3nc(c(-c4ccc(N)cc4)c4ccc([nH]4)c(-c4ccc(N)cc4)c4ccc2[nH]4)C=C3)cc1. The van der Waals surface area contributed by atoms with Gasteiger partial charge in [0.25, 0.3) is 0 Å². The lowest BCUT2D eigenvalue weighted by Crippen LogP contribution is -1.90. The summed E-state index contributed by atoms with van der Waals surface area (Å²) < 4.78 is 0. The molecule has 0 atom stereocenters. The predicted molar refractivity (Wildman–Crippen MR) is 164 cm³/mol. The summed E-state index contributed by atoms with van der Waals surface area (Å²) in [6.07, 6.45) is 4.15. The number of aromatic nitrogens is 3. The van der Waals surface area contributed by atoms with Crippen LogP contribution in [0.3, 0.4) is 0 Å². The molecule has 8 N–H and O–H groups in total. The average molecular weight is 507 g/mol. The molecule has 3 aromatic heterocycles. The van der Waals surface area contributed by atoms with Gasteiger partial charge >= 0.3 is 0 Å². The Morgan fingerprint density at radius 2 is 0.692 bits per heavy atom. The number of hydrogen-bond donors (Lipinski definition) is 5. The Balaban J connectivity index is 1.65. The number of nitrogens with one attached hydrogen (secondary N) is 2. The van der Waals surface area contributed by atoms with Crippen molar-refractivity contribution < 1.29 is 0 Å². The van der Waals surface area contributed by atoms with Crippen LogP contribution >= 0.6 is 0 Å². The molecule has 1 aliphatic heterocycles. The number of nitrogen functional groups attached to an aromatic ring is 3. The molecule has 6 heteroatoms. The Kier molecular flexibility index (Phi) is 5.13. The van der Waals surface area contributed by atoms with Gasteiger partial charge in [0.1, 0.15) is 0 Å². The summed E-state index contributed by atoms with van der Waals surface area (Å²) in [5.41, 5.74) is 32.1. The third-order valence-corrected chi connectivity index (χ3v) is 7.20. The second-order valence-electron chi connectivity index (χ2n) is 9.78. The topological polar surface area (TPSA) is 123 Å². The summed E-state index contributed by atoms with van der Waals surface area (Å²) in [4.78, 5) is 12.5. The molecule has 0 aliphatic carbocycles. The fourth-order valence-corrected chi connectivity index (χ4v) is 5.30. The van der Waals surface area contributed by atoms with Crippen molar-refractivity contribution >= 4 is 51.3 Å². The lowest BCUT2D eigenvalue weighted by atomic mass is 10.0. The summed E-state index contributed by atoms with van der Waals surface area (Å²) >= 11 is 0. The van der Waals surface area contributed by atoms with Gasteiger partial charge in [-0.15, -0.1) is 0 Å². The second-order valence-corrected chi connectivity index (χ2v) is 9.78. The van der Waals surface area contributed by atoms with Crippen LogP contribution in [0.25, 0.3) is 67.6 Å². The number of aromatic amines is 2. The number of hydrogen-bond acceptors (Lipinski definition) is 4. The minimum Gasteiger partial charge on any atom is -0.399 e. The van der Waals surface area contributed by atoms with E-state index in [1.165, 1.54) is 0 Å². The van der Waals surface area contributed by atoms with Crippen molar-refractivity contribution in [2.45, 2.75) is 0 Å². The molecule has 0 radical (unpaired) electrons. The molecule has 1 aliphatic rings. The van der Waals surface area contributed by atoms with Crippen LogP contribution < -0.4 is 17.2 Å². The minimum atomic E-state index is 0.718. The maximum absolute atomic E-state index is 6.03. The van der Waals surface area contributed by atoms with Crippen molar-refractivity contribution in [3.8, 4) is 33.4 Å². The van der Waals surface area contributed by atoms with Gasteiger partial charge in [0.05, 0.1) is 11.4 Å². The fraction of sp³-hybridized carbons (Fsp3) is 0. The number of benzene rings is 3. The molecule has 3 aromatic carbocycles. The first kappa shape index (κ1) is 22.7. The molecule has 0 amide bonds. The van der Waals surface area contributed by atoms with E-state index in [4.69, 9.17) is 22.2 Å². The molecule has 6 nitrogen and oxygen atoms in total. The molecule has 39 heavy (non-hydrogen) atoms. The molecular weight excluding hydrogens is 480 g/mol. The van der Waals surface area contributed by atoms with Crippen LogP contribution in [0, 0.1) is 0 Å². The molecule has 6 aromatic rings. The normalized spacial score (nSPS) is 11.8. The number of anilines is 3. The largest absolute Gasteiger partial charge is 0.399 e. The number of H-pyrrole nitrogens is 2. The lowest BCUT2D eigenvalue weighted by molar-refractivity contribution is 1.32. The Labute approximate surface area is 225 Å². The van der Waals surface area contributed by atoms with E-state index >= 15 is 0 Å². The van der Waals surface area contributed by atoms with Crippen LogP contribution in [0.2, 0.25) is 0 Å². The highest BCUT2D eigenvalue weighted by Crippen LogP contribution is 2.37. The third-order valence-electron chi connectivity index (χ3n) is 7.20. The first-order valence-corrected chi connectivity index (χ1v) is 12.8. The maximum Gasteiger partial charge on any atom is 0.0737 e. The number of nitrogens with zero attached hydrogens (tertiary/aromatic N) is 1. The van der Waals surface area contributed by atoms with Crippen molar-refractivity contribution in [1.82, 2.24) is 15.0 Å². The number of fused-ring (bicyclic) bond motifs is 6. The average Bonchev–Trinajstić information content (AvgIpc) is 3.71. The van der Waals surface area contributed by atoms with Crippen molar-refractivity contribution in [2.24, 2.45) is 0 Å². The number of rotatable bonds is 3. The standard InChI is InChI=1S/C33H26N6/c34-22-7-1-19(2-8-22)31-25-13-15-27(37-25)32(20-3-9-23(35)10-4-20)29-17-18-30(39-29)33(28-16-14-26(31)38-28)21-5-11-24(36)12-6-21/h1-18,37-38H,34-36H2. The first-order chi connectivity index (χ1) is 19.0. The molecule has 7 rings (SSSR count). The second kappa shape index (κ2) is 8.82. The van der Waals surface area contributed by atoms with Gasteiger partial charge in [-0.1, -0.05) is 36.4 Å². The molecule has 0 spiro atoms. The molecule has 4 heterocycles. The summed E-state index contributed by atoms with van der Waals surface area (Å²) in [7, 11) is 0. The van der Waals surface area contributed by atoms with Gasteiger partial charge in [0.15, 0.2) is 0 Å². The molecule has 188 valence electrons. The fourth-order valence-electron chi connectivity index (χ4n) is 5.30. The third kappa shape index (κ3) is 3.95. The zero-order chi connectivity index (χ0) is 26.5. The maximum atomic E-state index is 6.03. The summed E-state index contributed by atoms with van der Waals surface area (Å²) in [6, 6.07) is 32.3. The van der Waals surface area contributed by atoms with Crippen molar-refractivity contribution in [2.75, 3.05) is 17.2 Å². The molecule has 0 fully saturated rings. The van der Waals surface area contributed by atoms with Crippen LogP contribution in [0.1, 0.15) is 11.4 Å². The monoisotopic (exact) mass is 506 g/mol. The highest BCUT2D eigenvalue weighted by Gasteiger charge is 2.17. The first-order valence-electron chi connectivity index (χ1n) is 12.8. The van der Waals surface area contributed by atoms with E-state index in [2.05, 4.69) is 58.5 Å². The highest BCUT2D eigenvalue weighted by molar-refractivity contribution is 6.00. The Hall–Kier alpha value is -5.49. The van der Waals surface area contributed by atoms with Crippen LogP contribution in [0.4, 0.5) is 17.1 Å². The van der Waals surface area contributed by atoms with Gasteiger partial charge in [-0.3, -0.25) is 0 Å². The van der Waals surface area contributed by atoms with Gasteiger partial charge in [0, 0.05) is 55.8 Å². The molecule has 0 saturated carbocycles. The van der Waals surface area contributed by atoms with Gasteiger partial charge in [-0.05, 0) is 89.5 Å². The van der Waals surface area contributed by atoms with Gasteiger partial charge < -0.3 is 27.2 Å². The Morgan fingerprint density at radius 3 is 1.05 bits per heavy atom. The minimum absolute atomic E-state index is 0.718. The summed E-state index contributed by atoms with van der Waals surface area (Å²) in [5.74, 6) is 0. The highest BCUT2D eigenvalue weighted by atomic mass is 14.8. The van der Waals surface area contributed by atoms with E-state index in [0.717, 1.165) is 83.9 Å². The van der Waals surface area contributed by atoms with Gasteiger partial charge in [-0.25, -0.2) is 4.98 Å². The van der Waals surface area contributed by atoms with Crippen LogP contribution in [0.15, 0.2) is 97.1 Å². The van der Waals surface area contributed by atoms with Crippen molar-refractivity contribution in [1.29, 1.82) is 0 Å². The van der Waals surface area contributed by atoms with Crippen LogP contribution in [0.5, 0.6) is 0 Å². The zero-order valence-corrected chi connectivity index (χ0v) is 21.1. The Morgan fingerprint density at radius 1 is 0.385 bits per heavy atom. The van der Waals surface area contributed by atoms with E-state index in [1.807, 2.05) is 60.7 Å². The smallest absolute Gasteiger partial charge is 0.0737 e. The molecule has 6 bridgehead atoms. The van der Waals surface area contributed by atoms with E-state index in [0.29, 0.717) is 0 Å². The molecular formula is C33H26N6. The molecule has 0 unspecified atom stereocenters. The Bertz CT molecular complexity index is 1840. The zero-order valence-electron chi connectivity index (χ0n) is 21.1. The van der Waals surface area contributed by atoms with Crippen LogP contribution in [-0.4, -0.2) is 15.0 Å². The summed E-state index contributed by atoms with van der Waals surface area (Å²) in [5, 5.41) is 0. The van der Waals surface area contributed by atoms with Gasteiger partial charge in [-0.2, -0.15) is 0 Å². The van der Waals surface area contributed by atoms with Crippen molar-refractivity contribution in [3.05, 3.63) is 108 Å². The van der Waals surface area contributed by atoms with E-state index in [1.54, 1.807) is 0 Å². The predicted octanol–water partition coefficient (Wildman–Crippen LogP) is 7.40. The summed E-state index contributed by atoms with van der Waals surface area (Å²) in [6.45, 7) is 0. The van der Waals surface area contributed by atoms with Crippen LogP contribution in [-0.2, 0) is 0 Å². The number of nitrogens with two attached hydrogens (primary N) is 3.